The molecule has 136 valence electrons. The molecule has 2 N–H and O–H groups in total. The fourth-order valence-electron chi connectivity index (χ4n) is 2.72. The number of anilines is 2. The second kappa shape index (κ2) is 7.13. The number of nitrogens with one attached hydrogen (secondary N) is 2. The predicted octanol–water partition coefficient (Wildman–Crippen LogP) is 5.42. The first kappa shape index (κ1) is 17.7. The van der Waals surface area contributed by atoms with Crippen molar-refractivity contribution in [2.24, 2.45) is 0 Å². The standard InChI is InChI=1S/C18H12ClF2N5S/c1-27-13-4-2-3-12(14(13)21)25-18-24-8-11(20)15(26-18)10-7-23-16-9(10)5-6-22-17(16)19/h2-8,23H,1H3,(H,24,25,26). The second-order valence-electron chi connectivity index (χ2n) is 5.56. The lowest BCUT2D eigenvalue weighted by Gasteiger charge is -2.09. The van der Waals surface area contributed by atoms with E-state index in [0.29, 0.717) is 21.4 Å². The molecule has 0 amide bonds. The van der Waals surface area contributed by atoms with Crippen LogP contribution in [0.25, 0.3) is 22.2 Å². The summed E-state index contributed by atoms with van der Waals surface area (Å²) in [5.74, 6) is -0.935. The van der Waals surface area contributed by atoms with Crippen LogP contribution >= 0.6 is 23.4 Å². The van der Waals surface area contributed by atoms with E-state index in [-0.39, 0.29) is 22.5 Å². The van der Waals surface area contributed by atoms with Gasteiger partial charge in [-0.3, -0.25) is 0 Å². The van der Waals surface area contributed by atoms with E-state index >= 15 is 0 Å². The molecule has 27 heavy (non-hydrogen) atoms. The van der Waals surface area contributed by atoms with E-state index < -0.39 is 11.6 Å². The summed E-state index contributed by atoms with van der Waals surface area (Å²) < 4.78 is 28.8. The van der Waals surface area contributed by atoms with E-state index in [1.807, 2.05) is 0 Å². The Morgan fingerprint density at radius 2 is 2.04 bits per heavy atom. The summed E-state index contributed by atoms with van der Waals surface area (Å²) in [7, 11) is 0. The zero-order valence-electron chi connectivity index (χ0n) is 13.9. The Morgan fingerprint density at radius 1 is 1.19 bits per heavy atom. The van der Waals surface area contributed by atoms with Crippen LogP contribution in [0.2, 0.25) is 5.15 Å². The quantitative estimate of drug-likeness (QED) is 0.352. The normalized spacial score (nSPS) is 11.1. The molecule has 0 saturated heterocycles. The SMILES string of the molecule is CSc1cccc(Nc2ncc(F)c(-c3c[nH]c4c(Cl)nccc34)n2)c1F. The minimum absolute atomic E-state index is 0.0717. The molecule has 0 aliphatic heterocycles. The smallest absolute Gasteiger partial charge is 0.228 e. The zero-order valence-corrected chi connectivity index (χ0v) is 15.5. The molecule has 9 heteroatoms. The van der Waals surface area contributed by atoms with Crippen molar-refractivity contribution >= 4 is 45.9 Å². The molecular weight excluding hydrogens is 392 g/mol. The van der Waals surface area contributed by atoms with E-state index in [4.69, 9.17) is 11.6 Å². The minimum Gasteiger partial charge on any atom is -0.358 e. The maximum absolute atomic E-state index is 14.4. The first-order valence-electron chi connectivity index (χ1n) is 7.82. The molecule has 1 aromatic carbocycles. The van der Waals surface area contributed by atoms with Gasteiger partial charge in [0.2, 0.25) is 5.95 Å². The van der Waals surface area contributed by atoms with Crippen LogP contribution in [0, 0.1) is 11.6 Å². The third-order valence-electron chi connectivity index (χ3n) is 3.98. The van der Waals surface area contributed by atoms with E-state index in [2.05, 4.69) is 25.3 Å². The Labute approximate surface area is 162 Å². The average Bonchev–Trinajstić information content (AvgIpc) is 3.10. The number of pyridine rings is 1. The molecule has 4 aromatic rings. The van der Waals surface area contributed by atoms with Gasteiger partial charge in [-0.15, -0.1) is 11.8 Å². The first-order valence-corrected chi connectivity index (χ1v) is 9.42. The Kier molecular flexibility index (Phi) is 4.67. The number of halogens is 3. The number of rotatable bonds is 4. The van der Waals surface area contributed by atoms with Crippen molar-refractivity contribution in [3.8, 4) is 11.3 Å². The molecule has 0 fully saturated rings. The van der Waals surface area contributed by atoms with Crippen LogP contribution in [0.15, 0.2) is 47.8 Å². The van der Waals surface area contributed by atoms with Crippen LogP contribution in [-0.2, 0) is 0 Å². The average molecular weight is 404 g/mol. The molecule has 0 atom stereocenters. The Balaban J connectivity index is 1.77. The highest BCUT2D eigenvalue weighted by molar-refractivity contribution is 7.98. The lowest BCUT2D eigenvalue weighted by molar-refractivity contribution is 0.605. The number of hydrogen-bond donors (Lipinski definition) is 2. The molecule has 0 bridgehead atoms. The number of aromatic nitrogens is 4. The summed E-state index contributed by atoms with van der Waals surface area (Å²) >= 11 is 7.35. The Bertz CT molecular complexity index is 1150. The fraction of sp³-hybridized carbons (Fsp3) is 0.0556. The molecule has 5 nitrogen and oxygen atoms in total. The highest BCUT2D eigenvalue weighted by Crippen LogP contribution is 2.32. The number of benzene rings is 1. The Hall–Kier alpha value is -2.71. The van der Waals surface area contributed by atoms with Gasteiger partial charge in [0, 0.05) is 28.2 Å². The van der Waals surface area contributed by atoms with Crippen LogP contribution < -0.4 is 5.32 Å². The summed E-state index contributed by atoms with van der Waals surface area (Å²) in [5.41, 5.74) is 1.38. The van der Waals surface area contributed by atoms with E-state index in [1.54, 1.807) is 36.7 Å². The van der Waals surface area contributed by atoms with Gasteiger partial charge in [-0.2, -0.15) is 0 Å². The zero-order chi connectivity index (χ0) is 19.0. The Morgan fingerprint density at radius 3 is 2.85 bits per heavy atom. The van der Waals surface area contributed by atoms with E-state index in [1.165, 1.54) is 18.0 Å². The van der Waals surface area contributed by atoms with Crippen LogP contribution in [0.5, 0.6) is 0 Å². The maximum atomic E-state index is 14.4. The molecule has 4 rings (SSSR count). The van der Waals surface area contributed by atoms with Gasteiger partial charge in [0.1, 0.15) is 5.69 Å². The number of H-pyrrole nitrogens is 1. The highest BCUT2D eigenvalue weighted by Gasteiger charge is 2.16. The van der Waals surface area contributed by atoms with Crippen molar-refractivity contribution in [1.82, 2.24) is 19.9 Å². The minimum atomic E-state index is -0.604. The number of thioether (sulfide) groups is 1. The molecule has 3 heterocycles. The van der Waals surface area contributed by atoms with Crippen molar-refractivity contribution in [2.75, 3.05) is 11.6 Å². The molecule has 0 saturated carbocycles. The molecule has 0 aliphatic carbocycles. The first-order chi connectivity index (χ1) is 13.1. The second-order valence-corrected chi connectivity index (χ2v) is 6.77. The lowest BCUT2D eigenvalue weighted by atomic mass is 10.1. The fourth-order valence-corrected chi connectivity index (χ4v) is 3.43. The van der Waals surface area contributed by atoms with Crippen LogP contribution in [0.1, 0.15) is 0 Å². The number of aromatic amines is 1. The molecule has 0 radical (unpaired) electrons. The molecular formula is C18H12ClF2N5S. The van der Waals surface area contributed by atoms with Crippen molar-refractivity contribution in [3.63, 3.8) is 0 Å². The maximum Gasteiger partial charge on any atom is 0.228 e. The summed E-state index contributed by atoms with van der Waals surface area (Å²) in [6, 6.07) is 6.67. The summed E-state index contributed by atoms with van der Waals surface area (Å²) in [6.07, 6.45) is 5.96. The van der Waals surface area contributed by atoms with Gasteiger partial charge in [0.05, 0.1) is 17.4 Å². The van der Waals surface area contributed by atoms with Gasteiger partial charge in [0.25, 0.3) is 0 Å². The topological polar surface area (TPSA) is 66.5 Å². The van der Waals surface area contributed by atoms with Gasteiger partial charge >= 0.3 is 0 Å². The van der Waals surface area contributed by atoms with Gasteiger partial charge in [-0.1, -0.05) is 17.7 Å². The van der Waals surface area contributed by atoms with Crippen molar-refractivity contribution in [3.05, 3.63) is 59.6 Å². The number of nitrogens with zero attached hydrogens (tertiary/aromatic N) is 3. The van der Waals surface area contributed by atoms with Crippen LogP contribution in [0.4, 0.5) is 20.4 Å². The molecule has 3 aromatic heterocycles. The monoisotopic (exact) mass is 403 g/mol. The van der Waals surface area contributed by atoms with Gasteiger partial charge in [-0.05, 0) is 24.5 Å². The molecule has 0 spiro atoms. The van der Waals surface area contributed by atoms with Crippen LogP contribution in [-0.4, -0.2) is 26.2 Å². The number of fused-ring (bicyclic) bond motifs is 1. The summed E-state index contributed by atoms with van der Waals surface area (Å²) in [5, 5.41) is 3.77. The third kappa shape index (κ3) is 3.22. The number of hydrogen-bond acceptors (Lipinski definition) is 5. The van der Waals surface area contributed by atoms with Crippen molar-refractivity contribution in [1.29, 1.82) is 0 Å². The summed E-state index contributed by atoms with van der Waals surface area (Å²) in [6.45, 7) is 0. The molecule has 0 aliphatic rings. The van der Waals surface area contributed by atoms with Crippen molar-refractivity contribution in [2.45, 2.75) is 4.90 Å². The predicted molar refractivity (Wildman–Crippen MR) is 104 cm³/mol. The molecule has 0 unspecified atom stereocenters. The highest BCUT2D eigenvalue weighted by atomic mass is 35.5. The largest absolute Gasteiger partial charge is 0.358 e. The van der Waals surface area contributed by atoms with Crippen LogP contribution in [0.3, 0.4) is 0 Å². The lowest BCUT2D eigenvalue weighted by Crippen LogP contribution is -2.02. The summed E-state index contributed by atoms with van der Waals surface area (Å²) in [4.78, 5) is 15.6. The van der Waals surface area contributed by atoms with E-state index in [0.717, 1.165) is 6.20 Å². The van der Waals surface area contributed by atoms with Gasteiger partial charge in [0.15, 0.2) is 16.8 Å². The van der Waals surface area contributed by atoms with Gasteiger partial charge in [-0.25, -0.2) is 23.7 Å². The van der Waals surface area contributed by atoms with Crippen molar-refractivity contribution < 1.29 is 8.78 Å². The third-order valence-corrected chi connectivity index (χ3v) is 5.03. The van der Waals surface area contributed by atoms with E-state index in [9.17, 15) is 8.78 Å². The van der Waals surface area contributed by atoms with Gasteiger partial charge < -0.3 is 10.3 Å².